The SMILES string of the molecule is O=C(O)CCC(=O)NCCCCCSc1cccc2c1C(=O)N(C1CCC(=O)NC1=O)C2=O. The Hall–Kier alpha value is -3.21. The highest BCUT2D eigenvalue weighted by molar-refractivity contribution is 7.99. The zero-order valence-corrected chi connectivity index (χ0v) is 18.7. The maximum Gasteiger partial charge on any atom is 0.303 e. The van der Waals surface area contributed by atoms with E-state index in [-0.39, 0.29) is 37.2 Å². The van der Waals surface area contributed by atoms with E-state index in [1.807, 2.05) is 0 Å². The molecule has 2 heterocycles. The molecule has 0 aromatic heterocycles. The summed E-state index contributed by atoms with van der Waals surface area (Å²) in [6.45, 7) is 0.470. The molecule has 0 saturated carbocycles. The van der Waals surface area contributed by atoms with Crippen LogP contribution in [0.15, 0.2) is 23.1 Å². The summed E-state index contributed by atoms with van der Waals surface area (Å²) in [7, 11) is 0. The average molecular weight is 476 g/mol. The van der Waals surface area contributed by atoms with Gasteiger partial charge in [-0.2, -0.15) is 0 Å². The van der Waals surface area contributed by atoms with Gasteiger partial charge in [-0.1, -0.05) is 12.5 Å². The van der Waals surface area contributed by atoms with Crippen LogP contribution in [0.3, 0.4) is 0 Å². The van der Waals surface area contributed by atoms with Gasteiger partial charge in [0, 0.05) is 24.3 Å². The Bertz CT molecular complexity index is 994. The van der Waals surface area contributed by atoms with Gasteiger partial charge >= 0.3 is 5.97 Å². The molecule has 1 atom stereocenters. The first-order chi connectivity index (χ1) is 15.8. The van der Waals surface area contributed by atoms with Gasteiger partial charge in [-0.25, -0.2) is 0 Å². The van der Waals surface area contributed by atoms with Crippen molar-refractivity contribution in [2.24, 2.45) is 0 Å². The Labute approximate surface area is 194 Å². The molecule has 5 amide bonds. The monoisotopic (exact) mass is 475 g/mol. The van der Waals surface area contributed by atoms with E-state index in [1.54, 1.807) is 18.2 Å². The topological polar surface area (TPSA) is 150 Å². The fraction of sp³-hybridized carbons (Fsp3) is 0.455. The summed E-state index contributed by atoms with van der Waals surface area (Å²) in [6.07, 6.45) is 2.36. The van der Waals surface area contributed by atoms with Crippen molar-refractivity contribution in [1.82, 2.24) is 15.5 Å². The van der Waals surface area contributed by atoms with Crippen LogP contribution >= 0.6 is 11.8 Å². The molecule has 1 aromatic rings. The fourth-order valence-corrected chi connectivity index (χ4v) is 4.81. The number of rotatable bonds is 11. The van der Waals surface area contributed by atoms with E-state index in [0.29, 0.717) is 22.8 Å². The molecule has 0 radical (unpaired) electrons. The molecule has 3 rings (SSSR count). The molecular formula is C22H25N3O7S. The number of hydrogen-bond donors (Lipinski definition) is 3. The molecule has 0 bridgehead atoms. The van der Waals surface area contributed by atoms with Crippen LogP contribution < -0.4 is 10.6 Å². The Morgan fingerprint density at radius 3 is 2.61 bits per heavy atom. The van der Waals surface area contributed by atoms with Crippen LogP contribution in [0, 0.1) is 0 Å². The number of carboxylic acids is 1. The molecule has 1 fully saturated rings. The minimum Gasteiger partial charge on any atom is -0.481 e. The molecule has 3 N–H and O–H groups in total. The van der Waals surface area contributed by atoms with Crippen LogP contribution in [0.25, 0.3) is 0 Å². The van der Waals surface area contributed by atoms with Crippen LogP contribution in [-0.4, -0.2) is 63.9 Å². The van der Waals surface area contributed by atoms with Crippen LogP contribution in [0.5, 0.6) is 0 Å². The molecule has 1 unspecified atom stereocenters. The molecule has 1 aromatic carbocycles. The predicted octanol–water partition coefficient (Wildman–Crippen LogP) is 1.33. The third-order valence-electron chi connectivity index (χ3n) is 5.40. The first-order valence-electron chi connectivity index (χ1n) is 10.8. The van der Waals surface area contributed by atoms with E-state index in [4.69, 9.17) is 5.11 Å². The number of fused-ring (bicyclic) bond motifs is 1. The lowest BCUT2D eigenvalue weighted by molar-refractivity contribution is -0.139. The van der Waals surface area contributed by atoms with Gasteiger partial charge in [-0.05, 0) is 37.1 Å². The largest absolute Gasteiger partial charge is 0.481 e. The lowest BCUT2D eigenvalue weighted by atomic mass is 10.0. The van der Waals surface area contributed by atoms with Crippen molar-refractivity contribution < 1.29 is 33.9 Å². The molecule has 33 heavy (non-hydrogen) atoms. The van der Waals surface area contributed by atoms with Gasteiger partial charge < -0.3 is 10.4 Å². The van der Waals surface area contributed by atoms with E-state index in [9.17, 15) is 28.8 Å². The molecule has 0 spiro atoms. The van der Waals surface area contributed by atoms with Gasteiger partial charge in [0.05, 0.1) is 17.5 Å². The summed E-state index contributed by atoms with van der Waals surface area (Å²) in [5.41, 5.74) is 0.557. The number of piperidine rings is 1. The number of unbranched alkanes of at least 4 members (excludes halogenated alkanes) is 2. The average Bonchev–Trinajstić information content (AvgIpc) is 3.02. The second kappa shape index (κ2) is 11.1. The zero-order valence-electron chi connectivity index (χ0n) is 17.9. The van der Waals surface area contributed by atoms with Crippen LogP contribution in [0.2, 0.25) is 0 Å². The molecule has 1 saturated heterocycles. The Kier molecular flexibility index (Phi) is 8.21. The number of benzene rings is 1. The highest BCUT2D eigenvalue weighted by Crippen LogP contribution is 2.34. The van der Waals surface area contributed by atoms with Crippen molar-refractivity contribution in [3.8, 4) is 0 Å². The number of thioether (sulfide) groups is 1. The molecule has 10 nitrogen and oxygen atoms in total. The fourth-order valence-electron chi connectivity index (χ4n) is 3.73. The summed E-state index contributed by atoms with van der Waals surface area (Å²) >= 11 is 1.45. The normalized spacial score (nSPS) is 17.7. The Morgan fingerprint density at radius 2 is 1.88 bits per heavy atom. The van der Waals surface area contributed by atoms with Gasteiger partial charge in [-0.15, -0.1) is 11.8 Å². The summed E-state index contributed by atoms with van der Waals surface area (Å²) in [6, 6.07) is 4.05. The first kappa shape index (κ1) is 24.4. The number of nitrogens with zero attached hydrogens (tertiary/aromatic N) is 1. The number of hydrogen-bond acceptors (Lipinski definition) is 7. The summed E-state index contributed by atoms with van der Waals surface area (Å²) in [5, 5.41) is 13.4. The molecule has 2 aliphatic rings. The molecule has 0 aliphatic carbocycles. The maximum atomic E-state index is 13.0. The summed E-state index contributed by atoms with van der Waals surface area (Å²) in [4.78, 5) is 73.0. The van der Waals surface area contributed by atoms with Crippen molar-refractivity contribution in [2.45, 2.75) is 55.9 Å². The van der Waals surface area contributed by atoms with Crippen LogP contribution in [-0.2, 0) is 19.2 Å². The smallest absolute Gasteiger partial charge is 0.303 e. The molecule has 176 valence electrons. The van der Waals surface area contributed by atoms with Gasteiger partial charge in [0.2, 0.25) is 17.7 Å². The number of carbonyl (C=O) groups excluding carboxylic acids is 5. The number of imide groups is 2. The quantitative estimate of drug-likeness (QED) is 0.246. The van der Waals surface area contributed by atoms with E-state index in [0.717, 1.165) is 24.2 Å². The highest BCUT2D eigenvalue weighted by atomic mass is 32.2. The third-order valence-corrected chi connectivity index (χ3v) is 6.54. The molecular weight excluding hydrogens is 450 g/mol. The number of amides is 5. The zero-order chi connectivity index (χ0) is 24.0. The second-order valence-electron chi connectivity index (χ2n) is 7.78. The number of carbonyl (C=O) groups is 6. The van der Waals surface area contributed by atoms with Gasteiger partial charge in [0.25, 0.3) is 11.8 Å². The highest BCUT2D eigenvalue weighted by Gasteiger charge is 2.45. The number of aliphatic carboxylic acids is 1. The summed E-state index contributed by atoms with van der Waals surface area (Å²) < 4.78 is 0. The second-order valence-corrected chi connectivity index (χ2v) is 8.92. The van der Waals surface area contributed by atoms with Gasteiger partial charge in [0.1, 0.15) is 6.04 Å². The standard InChI is InChI=1S/C22H25N3O7S/c26-16(9-10-18(28)29)23-11-2-1-3-12-33-15-6-4-5-13-19(15)22(32)25(21(13)31)14-7-8-17(27)24-20(14)30/h4-6,14H,1-3,7-12H2,(H,23,26)(H,28,29)(H,24,27,30). The van der Waals surface area contributed by atoms with E-state index in [2.05, 4.69) is 10.6 Å². The van der Waals surface area contributed by atoms with Crippen molar-refractivity contribution in [3.05, 3.63) is 29.3 Å². The molecule has 11 heteroatoms. The number of nitrogens with one attached hydrogen (secondary N) is 2. The van der Waals surface area contributed by atoms with Crippen LogP contribution in [0.4, 0.5) is 0 Å². The van der Waals surface area contributed by atoms with Crippen LogP contribution in [0.1, 0.15) is 65.7 Å². The Balaban J connectivity index is 1.49. The lowest BCUT2D eigenvalue weighted by Gasteiger charge is -2.27. The maximum absolute atomic E-state index is 13.0. The van der Waals surface area contributed by atoms with Crippen molar-refractivity contribution in [1.29, 1.82) is 0 Å². The minimum atomic E-state index is -1.00. The van der Waals surface area contributed by atoms with E-state index in [1.165, 1.54) is 11.8 Å². The van der Waals surface area contributed by atoms with Crippen molar-refractivity contribution >= 4 is 47.3 Å². The van der Waals surface area contributed by atoms with Gasteiger partial charge in [0.15, 0.2) is 0 Å². The van der Waals surface area contributed by atoms with Crippen molar-refractivity contribution in [3.63, 3.8) is 0 Å². The lowest BCUT2D eigenvalue weighted by Crippen LogP contribution is -2.54. The van der Waals surface area contributed by atoms with Gasteiger partial charge in [-0.3, -0.25) is 39.0 Å². The third kappa shape index (κ3) is 5.98. The first-order valence-corrected chi connectivity index (χ1v) is 11.7. The van der Waals surface area contributed by atoms with Crippen molar-refractivity contribution in [2.75, 3.05) is 12.3 Å². The predicted molar refractivity (Wildman–Crippen MR) is 118 cm³/mol. The minimum absolute atomic E-state index is 0.0348. The Morgan fingerprint density at radius 1 is 1.09 bits per heavy atom. The van der Waals surface area contributed by atoms with E-state index < -0.39 is 35.6 Å². The summed E-state index contributed by atoms with van der Waals surface area (Å²) in [5.74, 6) is -2.68. The molecule has 2 aliphatic heterocycles. The van der Waals surface area contributed by atoms with E-state index >= 15 is 0 Å². The number of carboxylic acid groups (broad SMARTS) is 1.